The lowest BCUT2D eigenvalue weighted by atomic mass is 9.90. The van der Waals surface area contributed by atoms with Crippen molar-refractivity contribution in [3.63, 3.8) is 0 Å². The molecular formula is C16H18N4O. The zero-order chi connectivity index (χ0) is 15.3. The summed E-state index contributed by atoms with van der Waals surface area (Å²) in [5.74, 6) is -0.0598. The Bertz CT molecular complexity index is 618. The molecule has 1 atom stereocenters. The Kier molecular flexibility index (Phi) is 4.57. The molecule has 1 saturated heterocycles. The fourth-order valence-electron chi connectivity index (χ4n) is 2.82. The van der Waals surface area contributed by atoms with Crippen LogP contribution in [-0.2, 0) is 4.79 Å². The number of hydrogen-bond acceptors (Lipinski definition) is 4. The maximum atomic E-state index is 12.6. The third-order valence-corrected chi connectivity index (χ3v) is 3.87. The van der Waals surface area contributed by atoms with Gasteiger partial charge in [-0.2, -0.15) is 10.5 Å². The number of benzene rings is 1. The summed E-state index contributed by atoms with van der Waals surface area (Å²) in [5, 5.41) is 24.1. The lowest BCUT2D eigenvalue weighted by molar-refractivity contribution is -0.122. The van der Waals surface area contributed by atoms with E-state index in [0.29, 0.717) is 11.3 Å². The van der Waals surface area contributed by atoms with Gasteiger partial charge in [-0.05, 0) is 44.0 Å². The molecular weight excluding hydrogens is 264 g/mol. The van der Waals surface area contributed by atoms with Gasteiger partial charge in [-0.1, -0.05) is 13.3 Å². The fraction of sp³-hybridized carbons (Fsp3) is 0.438. The fourth-order valence-corrected chi connectivity index (χ4v) is 2.82. The Balaban J connectivity index is 2.20. The highest BCUT2D eigenvalue weighted by Crippen LogP contribution is 2.27. The van der Waals surface area contributed by atoms with Gasteiger partial charge in [-0.3, -0.25) is 4.79 Å². The first kappa shape index (κ1) is 15.0. The van der Waals surface area contributed by atoms with Crippen LogP contribution in [-0.4, -0.2) is 18.0 Å². The van der Waals surface area contributed by atoms with Crippen molar-refractivity contribution < 1.29 is 4.79 Å². The maximum Gasteiger partial charge on any atom is 0.244 e. The molecule has 2 rings (SSSR count). The molecule has 0 aliphatic carbocycles. The Morgan fingerprint density at radius 2 is 2.14 bits per heavy atom. The summed E-state index contributed by atoms with van der Waals surface area (Å²) in [4.78, 5) is 12.6. The predicted molar refractivity (Wildman–Crippen MR) is 79.4 cm³/mol. The summed E-state index contributed by atoms with van der Waals surface area (Å²) in [6, 6.07) is 8.70. The molecule has 1 aliphatic heterocycles. The third-order valence-electron chi connectivity index (χ3n) is 3.87. The van der Waals surface area contributed by atoms with Crippen LogP contribution in [0.4, 0.5) is 5.69 Å². The molecule has 5 heteroatoms. The van der Waals surface area contributed by atoms with E-state index in [1.807, 2.05) is 12.1 Å². The monoisotopic (exact) mass is 282 g/mol. The maximum absolute atomic E-state index is 12.6. The van der Waals surface area contributed by atoms with Crippen molar-refractivity contribution in [3.8, 4) is 12.1 Å². The highest BCUT2D eigenvalue weighted by Gasteiger charge is 2.39. The molecule has 1 aromatic carbocycles. The Labute approximate surface area is 124 Å². The van der Waals surface area contributed by atoms with Crippen LogP contribution in [0.3, 0.4) is 0 Å². The second kappa shape index (κ2) is 6.39. The number of rotatable bonds is 4. The van der Waals surface area contributed by atoms with Crippen LogP contribution < -0.4 is 10.6 Å². The SMILES string of the molecule is CCCC1(C(=O)Nc2ccc(C#N)c(C#N)c2)CCCN1. The summed E-state index contributed by atoms with van der Waals surface area (Å²) in [6.45, 7) is 2.91. The molecule has 0 spiro atoms. The van der Waals surface area contributed by atoms with Crippen molar-refractivity contribution in [2.24, 2.45) is 0 Å². The Morgan fingerprint density at radius 1 is 1.38 bits per heavy atom. The van der Waals surface area contributed by atoms with E-state index in [-0.39, 0.29) is 11.5 Å². The van der Waals surface area contributed by atoms with E-state index in [2.05, 4.69) is 17.6 Å². The molecule has 0 radical (unpaired) electrons. The lowest BCUT2D eigenvalue weighted by Crippen LogP contribution is -2.50. The van der Waals surface area contributed by atoms with Crippen LogP contribution in [0.15, 0.2) is 18.2 Å². The summed E-state index contributed by atoms with van der Waals surface area (Å²) in [5.41, 5.74) is 0.645. The first-order valence-electron chi connectivity index (χ1n) is 7.16. The van der Waals surface area contributed by atoms with Gasteiger partial charge in [0.1, 0.15) is 12.1 Å². The molecule has 5 nitrogen and oxygen atoms in total. The molecule has 1 aliphatic rings. The standard InChI is InChI=1S/C16H18N4O/c1-2-6-16(7-3-8-19-16)15(21)20-14-5-4-12(10-17)13(9-14)11-18/h4-5,9,19H,2-3,6-8H2,1H3,(H,20,21). The number of anilines is 1. The van der Waals surface area contributed by atoms with E-state index in [4.69, 9.17) is 10.5 Å². The van der Waals surface area contributed by atoms with Gasteiger partial charge < -0.3 is 10.6 Å². The predicted octanol–water partition coefficient (Wildman–Crippen LogP) is 2.29. The second-order valence-electron chi connectivity index (χ2n) is 5.30. The molecule has 1 aromatic rings. The zero-order valence-electron chi connectivity index (χ0n) is 12.1. The number of carbonyl (C=O) groups excluding carboxylic acids is 1. The molecule has 1 fully saturated rings. The van der Waals surface area contributed by atoms with Gasteiger partial charge in [-0.15, -0.1) is 0 Å². The normalized spacial score (nSPS) is 20.5. The van der Waals surface area contributed by atoms with E-state index >= 15 is 0 Å². The van der Waals surface area contributed by atoms with Crippen LogP contribution in [0.25, 0.3) is 0 Å². The van der Waals surface area contributed by atoms with Gasteiger partial charge in [0.05, 0.1) is 16.7 Å². The van der Waals surface area contributed by atoms with E-state index in [1.165, 1.54) is 0 Å². The van der Waals surface area contributed by atoms with Gasteiger partial charge in [0.25, 0.3) is 0 Å². The first-order chi connectivity index (χ1) is 10.1. The molecule has 1 amide bonds. The largest absolute Gasteiger partial charge is 0.324 e. The number of hydrogen-bond donors (Lipinski definition) is 2. The molecule has 2 N–H and O–H groups in total. The topological polar surface area (TPSA) is 88.7 Å². The number of amides is 1. The number of nitrogens with zero attached hydrogens (tertiary/aromatic N) is 2. The zero-order valence-corrected chi connectivity index (χ0v) is 12.1. The number of nitriles is 2. The third kappa shape index (κ3) is 3.04. The van der Waals surface area contributed by atoms with Crippen molar-refractivity contribution in [1.82, 2.24) is 5.32 Å². The molecule has 1 heterocycles. The van der Waals surface area contributed by atoms with Crippen LogP contribution in [0.2, 0.25) is 0 Å². The van der Waals surface area contributed by atoms with Gasteiger partial charge in [0.15, 0.2) is 0 Å². The van der Waals surface area contributed by atoms with Crippen molar-refractivity contribution in [2.75, 3.05) is 11.9 Å². The highest BCUT2D eigenvalue weighted by molar-refractivity contribution is 5.98. The quantitative estimate of drug-likeness (QED) is 0.886. The number of nitrogens with one attached hydrogen (secondary N) is 2. The van der Waals surface area contributed by atoms with Crippen molar-refractivity contribution in [3.05, 3.63) is 29.3 Å². The minimum absolute atomic E-state index is 0.0598. The van der Waals surface area contributed by atoms with Gasteiger partial charge in [0.2, 0.25) is 5.91 Å². The smallest absolute Gasteiger partial charge is 0.244 e. The van der Waals surface area contributed by atoms with Gasteiger partial charge >= 0.3 is 0 Å². The number of carbonyl (C=O) groups is 1. The van der Waals surface area contributed by atoms with Gasteiger partial charge in [0, 0.05) is 5.69 Å². The minimum Gasteiger partial charge on any atom is -0.324 e. The van der Waals surface area contributed by atoms with E-state index in [1.54, 1.807) is 18.2 Å². The van der Waals surface area contributed by atoms with Crippen LogP contribution in [0, 0.1) is 22.7 Å². The molecule has 21 heavy (non-hydrogen) atoms. The van der Waals surface area contributed by atoms with Crippen molar-refractivity contribution in [2.45, 2.75) is 38.1 Å². The summed E-state index contributed by atoms with van der Waals surface area (Å²) < 4.78 is 0. The molecule has 0 bridgehead atoms. The second-order valence-corrected chi connectivity index (χ2v) is 5.30. The Hall–Kier alpha value is -2.37. The molecule has 0 aromatic heterocycles. The Morgan fingerprint density at radius 3 is 2.71 bits per heavy atom. The molecule has 0 saturated carbocycles. The van der Waals surface area contributed by atoms with E-state index < -0.39 is 5.54 Å². The first-order valence-corrected chi connectivity index (χ1v) is 7.16. The average molecular weight is 282 g/mol. The summed E-state index contributed by atoms with van der Waals surface area (Å²) >= 11 is 0. The van der Waals surface area contributed by atoms with Crippen LogP contribution in [0.5, 0.6) is 0 Å². The average Bonchev–Trinajstić information content (AvgIpc) is 2.97. The van der Waals surface area contributed by atoms with Crippen LogP contribution in [0.1, 0.15) is 43.7 Å². The summed E-state index contributed by atoms with van der Waals surface area (Å²) in [6.07, 6.45) is 3.54. The van der Waals surface area contributed by atoms with E-state index in [0.717, 1.165) is 32.2 Å². The summed E-state index contributed by atoms with van der Waals surface area (Å²) in [7, 11) is 0. The minimum atomic E-state index is -0.505. The highest BCUT2D eigenvalue weighted by atomic mass is 16.2. The van der Waals surface area contributed by atoms with Crippen molar-refractivity contribution in [1.29, 1.82) is 10.5 Å². The van der Waals surface area contributed by atoms with Crippen LogP contribution >= 0.6 is 0 Å². The van der Waals surface area contributed by atoms with Gasteiger partial charge in [-0.25, -0.2) is 0 Å². The molecule has 108 valence electrons. The lowest BCUT2D eigenvalue weighted by Gasteiger charge is -2.27. The van der Waals surface area contributed by atoms with E-state index in [9.17, 15) is 4.79 Å². The van der Waals surface area contributed by atoms with Crippen molar-refractivity contribution >= 4 is 11.6 Å². The molecule has 1 unspecified atom stereocenters.